The van der Waals surface area contributed by atoms with Crippen LogP contribution in [0, 0.1) is 29.6 Å². The van der Waals surface area contributed by atoms with Gasteiger partial charge in [0.05, 0.1) is 11.5 Å². The summed E-state index contributed by atoms with van der Waals surface area (Å²) in [6.45, 7) is 2.98. The Morgan fingerprint density at radius 2 is 1.59 bits per heavy atom. The zero-order valence-electron chi connectivity index (χ0n) is 16.5. The molecule has 5 fully saturated rings. The first-order valence-electron chi connectivity index (χ1n) is 11.3. The number of guanidine groups is 1. The molecule has 0 radical (unpaired) electrons. The highest BCUT2D eigenvalue weighted by Crippen LogP contribution is 2.45. The molecule has 0 amide bonds. The van der Waals surface area contributed by atoms with Crippen LogP contribution in [0.25, 0.3) is 0 Å². The van der Waals surface area contributed by atoms with Crippen LogP contribution in [0.5, 0.6) is 0 Å². The van der Waals surface area contributed by atoms with Gasteiger partial charge in [-0.3, -0.25) is 4.99 Å². The van der Waals surface area contributed by atoms with Crippen molar-refractivity contribution < 1.29 is 8.42 Å². The van der Waals surface area contributed by atoms with Crippen molar-refractivity contribution in [2.45, 2.75) is 63.8 Å². The molecule has 1 N–H and O–H groups in total. The van der Waals surface area contributed by atoms with Crippen LogP contribution in [0.15, 0.2) is 4.99 Å². The van der Waals surface area contributed by atoms with Crippen LogP contribution >= 0.6 is 0 Å². The van der Waals surface area contributed by atoms with Crippen LogP contribution in [0.2, 0.25) is 0 Å². The van der Waals surface area contributed by atoms with E-state index in [1.165, 1.54) is 51.4 Å². The highest BCUT2D eigenvalue weighted by Gasteiger charge is 2.43. The van der Waals surface area contributed by atoms with E-state index in [1.807, 2.05) is 0 Å². The minimum absolute atomic E-state index is 0.219. The number of nitrogens with zero attached hydrogens (tertiary/aromatic N) is 2. The van der Waals surface area contributed by atoms with Crippen LogP contribution in [-0.4, -0.2) is 56.5 Å². The molecular weight excluding hydrogens is 358 g/mol. The highest BCUT2D eigenvalue weighted by molar-refractivity contribution is 7.91. The van der Waals surface area contributed by atoms with E-state index in [2.05, 4.69) is 10.2 Å². The zero-order chi connectivity index (χ0) is 18.4. The Bertz CT molecular complexity index is 658. The standard InChI is InChI=1S/C21H35N3O2S/c25-27(26)10-9-15(14-27)11-22-21(23-20(16-5-6-16)17-7-8-17)24-12-18-3-1-2-4-19(18)13-24/h15-20H,1-14H2,(H,22,23). The van der Waals surface area contributed by atoms with Crippen molar-refractivity contribution in [3.63, 3.8) is 0 Å². The van der Waals surface area contributed by atoms with Crippen molar-refractivity contribution in [2.75, 3.05) is 31.1 Å². The van der Waals surface area contributed by atoms with Gasteiger partial charge in [-0.15, -0.1) is 0 Å². The fourth-order valence-electron chi connectivity index (χ4n) is 5.73. The molecule has 0 aromatic carbocycles. The largest absolute Gasteiger partial charge is 0.353 e. The first-order valence-corrected chi connectivity index (χ1v) is 13.2. The molecule has 3 unspecified atom stereocenters. The van der Waals surface area contributed by atoms with Crippen LogP contribution < -0.4 is 5.32 Å². The average molecular weight is 394 g/mol. The fourth-order valence-corrected chi connectivity index (χ4v) is 7.58. The van der Waals surface area contributed by atoms with Gasteiger partial charge in [0.25, 0.3) is 0 Å². The van der Waals surface area contributed by atoms with E-state index in [4.69, 9.17) is 4.99 Å². The number of sulfone groups is 1. The Labute approximate surface area is 164 Å². The first kappa shape index (κ1) is 18.3. The number of aliphatic imine (C=N–C) groups is 1. The molecule has 6 heteroatoms. The van der Waals surface area contributed by atoms with Crippen LogP contribution in [0.4, 0.5) is 0 Å². The topological polar surface area (TPSA) is 61.8 Å². The van der Waals surface area contributed by atoms with Crippen molar-refractivity contribution in [1.29, 1.82) is 0 Å². The molecule has 5 aliphatic rings. The summed E-state index contributed by atoms with van der Waals surface area (Å²) in [5.74, 6) is 5.41. The van der Waals surface area contributed by atoms with Gasteiger partial charge in [-0.25, -0.2) is 8.42 Å². The molecule has 2 heterocycles. The van der Waals surface area contributed by atoms with Crippen LogP contribution in [-0.2, 0) is 9.84 Å². The molecule has 27 heavy (non-hydrogen) atoms. The van der Waals surface area contributed by atoms with Gasteiger partial charge in [-0.1, -0.05) is 12.8 Å². The second-order valence-corrected chi connectivity index (χ2v) is 12.2. The van der Waals surface area contributed by atoms with E-state index < -0.39 is 9.84 Å². The third kappa shape index (κ3) is 4.30. The molecule has 5 rings (SSSR count). The summed E-state index contributed by atoms with van der Waals surface area (Å²) in [6.07, 6.45) is 11.8. The molecule has 0 spiro atoms. The van der Waals surface area contributed by atoms with Crippen molar-refractivity contribution >= 4 is 15.8 Å². The fraction of sp³-hybridized carbons (Fsp3) is 0.952. The number of likely N-dealkylation sites (tertiary alicyclic amines) is 1. The van der Waals surface area contributed by atoms with Gasteiger partial charge in [0.1, 0.15) is 0 Å². The van der Waals surface area contributed by atoms with E-state index >= 15 is 0 Å². The van der Waals surface area contributed by atoms with Gasteiger partial charge >= 0.3 is 0 Å². The van der Waals surface area contributed by atoms with Crippen molar-refractivity contribution in [3.05, 3.63) is 0 Å². The predicted molar refractivity (Wildman–Crippen MR) is 108 cm³/mol. The Balaban J connectivity index is 1.30. The molecular formula is C21H35N3O2S. The van der Waals surface area contributed by atoms with E-state index in [-0.39, 0.29) is 5.92 Å². The van der Waals surface area contributed by atoms with Crippen molar-refractivity contribution in [1.82, 2.24) is 10.2 Å². The summed E-state index contributed by atoms with van der Waals surface area (Å²) < 4.78 is 23.6. The smallest absolute Gasteiger partial charge is 0.194 e. The van der Waals surface area contributed by atoms with Gasteiger partial charge in [-0.2, -0.15) is 0 Å². The molecule has 0 aromatic heterocycles. The quantitative estimate of drug-likeness (QED) is 0.576. The molecule has 2 aliphatic heterocycles. The minimum atomic E-state index is -2.81. The first-order chi connectivity index (χ1) is 13.1. The third-order valence-electron chi connectivity index (χ3n) is 7.66. The number of fused-ring (bicyclic) bond motifs is 1. The lowest BCUT2D eigenvalue weighted by Crippen LogP contribution is -2.47. The predicted octanol–water partition coefficient (Wildman–Crippen LogP) is 2.68. The van der Waals surface area contributed by atoms with E-state index in [0.29, 0.717) is 24.1 Å². The van der Waals surface area contributed by atoms with Gasteiger partial charge in [0.2, 0.25) is 0 Å². The molecule has 3 saturated carbocycles. The van der Waals surface area contributed by atoms with Gasteiger partial charge in [0, 0.05) is 25.7 Å². The number of rotatable bonds is 5. The van der Waals surface area contributed by atoms with E-state index in [0.717, 1.165) is 49.1 Å². The Kier molecular flexibility index (Phi) is 4.89. The van der Waals surface area contributed by atoms with E-state index in [1.54, 1.807) is 0 Å². The highest BCUT2D eigenvalue weighted by atomic mass is 32.2. The number of hydrogen-bond acceptors (Lipinski definition) is 3. The van der Waals surface area contributed by atoms with Crippen molar-refractivity contribution in [2.24, 2.45) is 34.6 Å². The molecule has 0 bridgehead atoms. The van der Waals surface area contributed by atoms with E-state index in [9.17, 15) is 8.42 Å². The van der Waals surface area contributed by atoms with Gasteiger partial charge in [-0.05, 0) is 74.5 Å². The summed E-state index contributed by atoms with van der Waals surface area (Å²) >= 11 is 0. The second kappa shape index (κ2) is 7.23. The lowest BCUT2D eigenvalue weighted by atomic mass is 9.82. The zero-order valence-corrected chi connectivity index (χ0v) is 17.3. The molecule has 0 aromatic rings. The van der Waals surface area contributed by atoms with Gasteiger partial charge in [0.15, 0.2) is 15.8 Å². The summed E-state index contributed by atoms with van der Waals surface area (Å²) in [4.78, 5) is 7.57. The monoisotopic (exact) mass is 393 g/mol. The number of hydrogen-bond donors (Lipinski definition) is 1. The second-order valence-electron chi connectivity index (χ2n) is 9.99. The Morgan fingerprint density at radius 3 is 2.11 bits per heavy atom. The SMILES string of the molecule is O=S1(=O)CCC(CN=C(NC(C2CC2)C2CC2)N2CC3CCCCC3C2)C1. The number of nitrogens with one attached hydrogen (secondary N) is 1. The molecule has 5 nitrogen and oxygen atoms in total. The van der Waals surface area contributed by atoms with Crippen molar-refractivity contribution in [3.8, 4) is 0 Å². The lowest BCUT2D eigenvalue weighted by Gasteiger charge is -2.28. The molecule has 3 atom stereocenters. The normalized spacial score (nSPS) is 36.3. The maximum Gasteiger partial charge on any atom is 0.194 e. The molecule has 2 saturated heterocycles. The molecule has 152 valence electrons. The third-order valence-corrected chi connectivity index (χ3v) is 9.49. The van der Waals surface area contributed by atoms with Crippen LogP contribution in [0.3, 0.4) is 0 Å². The Morgan fingerprint density at radius 1 is 0.963 bits per heavy atom. The maximum atomic E-state index is 11.8. The summed E-state index contributed by atoms with van der Waals surface area (Å²) in [5, 5.41) is 3.90. The average Bonchev–Trinajstić information content (AvgIpc) is 3.57. The lowest BCUT2D eigenvalue weighted by molar-refractivity contribution is 0.299. The summed E-state index contributed by atoms with van der Waals surface area (Å²) in [7, 11) is -2.81. The minimum Gasteiger partial charge on any atom is -0.353 e. The maximum absolute atomic E-state index is 11.8. The molecule has 3 aliphatic carbocycles. The Hall–Kier alpha value is -0.780. The summed E-state index contributed by atoms with van der Waals surface area (Å²) in [5.41, 5.74) is 0. The summed E-state index contributed by atoms with van der Waals surface area (Å²) in [6, 6.07) is 0.610. The van der Waals surface area contributed by atoms with Crippen LogP contribution in [0.1, 0.15) is 57.8 Å². The van der Waals surface area contributed by atoms with Gasteiger partial charge < -0.3 is 10.2 Å².